The van der Waals surface area contributed by atoms with Crippen molar-refractivity contribution in [3.63, 3.8) is 0 Å². The van der Waals surface area contributed by atoms with Crippen LogP contribution < -0.4 is 5.73 Å². The first-order valence-corrected chi connectivity index (χ1v) is 5.12. The summed E-state index contributed by atoms with van der Waals surface area (Å²) in [4.78, 5) is 12.5. The molecule has 5 heteroatoms. The van der Waals surface area contributed by atoms with Gasteiger partial charge in [0.05, 0.1) is 12.2 Å². The van der Waals surface area contributed by atoms with Crippen LogP contribution >= 0.6 is 11.3 Å². The third kappa shape index (κ3) is 1.78. The van der Waals surface area contributed by atoms with Gasteiger partial charge in [-0.1, -0.05) is 0 Å². The Bertz CT molecular complexity index is 410. The van der Waals surface area contributed by atoms with Crippen LogP contribution in [0.2, 0.25) is 0 Å². The second kappa shape index (κ2) is 3.81. The molecule has 0 radical (unpaired) electrons. The number of thiazole rings is 1. The van der Waals surface area contributed by atoms with Crippen molar-refractivity contribution in [3.8, 4) is 11.4 Å². The van der Waals surface area contributed by atoms with Gasteiger partial charge < -0.3 is 5.73 Å². The van der Waals surface area contributed by atoms with Crippen molar-refractivity contribution in [1.82, 2.24) is 15.0 Å². The average Bonchev–Trinajstić information content (AvgIpc) is 2.68. The first-order valence-electron chi connectivity index (χ1n) is 4.25. The fourth-order valence-corrected chi connectivity index (χ4v) is 1.82. The van der Waals surface area contributed by atoms with Crippen LogP contribution in [0.4, 0.5) is 0 Å². The normalized spacial score (nSPS) is 12.7. The number of hydrogen-bond acceptors (Lipinski definition) is 5. The number of nitrogens with zero attached hydrogens (tertiary/aromatic N) is 3. The highest BCUT2D eigenvalue weighted by atomic mass is 32.1. The highest BCUT2D eigenvalue weighted by Gasteiger charge is 2.07. The zero-order chi connectivity index (χ0) is 9.97. The third-order valence-electron chi connectivity index (χ3n) is 1.74. The van der Waals surface area contributed by atoms with E-state index in [1.165, 1.54) is 0 Å². The summed E-state index contributed by atoms with van der Waals surface area (Å²) in [5.41, 5.74) is 7.35. The molecule has 2 heterocycles. The van der Waals surface area contributed by atoms with Crippen LogP contribution in [0.5, 0.6) is 0 Å². The van der Waals surface area contributed by atoms with E-state index in [4.69, 9.17) is 5.73 Å². The van der Waals surface area contributed by atoms with E-state index in [0.717, 1.165) is 16.4 Å². The van der Waals surface area contributed by atoms with Crippen molar-refractivity contribution >= 4 is 11.3 Å². The van der Waals surface area contributed by atoms with Crippen molar-refractivity contribution in [2.45, 2.75) is 13.0 Å². The Morgan fingerprint density at radius 2 is 2.21 bits per heavy atom. The lowest BCUT2D eigenvalue weighted by atomic mass is 10.3. The van der Waals surface area contributed by atoms with Gasteiger partial charge in [-0.25, -0.2) is 4.98 Å². The Kier molecular flexibility index (Phi) is 2.51. The Labute approximate surface area is 85.9 Å². The minimum Gasteiger partial charge on any atom is -0.322 e. The van der Waals surface area contributed by atoms with E-state index in [2.05, 4.69) is 15.0 Å². The molecule has 1 atom stereocenters. The van der Waals surface area contributed by atoms with Gasteiger partial charge in [-0.15, -0.1) is 11.3 Å². The maximum atomic E-state index is 5.72. The van der Waals surface area contributed by atoms with Crippen molar-refractivity contribution in [1.29, 1.82) is 0 Å². The predicted octanol–water partition coefficient (Wildman–Crippen LogP) is 1.62. The summed E-state index contributed by atoms with van der Waals surface area (Å²) < 4.78 is 0. The van der Waals surface area contributed by atoms with Crippen LogP contribution in [0.15, 0.2) is 24.0 Å². The topological polar surface area (TPSA) is 64.7 Å². The largest absolute Gasteiger partial charge is 0.322 e. The smallest absolute Gasteiger partial charge is 0.110 e. The lowest BCUT2D eigenvalue weighted by molar-refractivity contribution is 0.807. The highest BCUT2D eigenvalue weighted by molar-refractivity contribution is 7.10. The number of rotatable bonds is 2. The summed E-state index contributed by atoms with van der Waals surface area (Å²) in [6.07, 6.45) is 4.99. The molecule has 2 N–H and O–H groups in total. The molecule has 0 saturated carbocycles. The van der Waals surface area contributed by atoms with Crippen LogP contribution in [-0.4, -0.2) is 15.0 Å². The van der Waals surface area contributed by atoms with Crippen molar-refractivity contribution < 1.29 is 0 Å². The van der Waals surface area contributed by atoms with Gasteiger partial charge in [-0.2, -0.15) is 0 Å². The van der Waals surface area contributed by atoms with E-state index in [9.17, 15) is 0 Å². The molecule has 0 spiro atoms. The minimum atomic E-state index is -0.0228. The summed E-state index contributed by atoms with van der Waals surface area (Å²) >= 11 is 1.55. The molecule has 4 nitrogen and oxygen atoms in total. The van der Waals surface area contributed by atoms with Gasteiger partial charge in [0, 0.05) is 17.8 Å². The van der Waals surface area contributed by atoms with E-state index < -0.39 is 0 Å². The Hall–Kier alpha value is -1.33. The maximum absolute atomic E-state index is 5.72. The van der Waals surface area contributed by atoms with Crippen molar-refractivity contribution in [3.05, 3.63) is 29.0 Å². The summed E-state index contributed by atoms with van der Waals surface area (Å²) in [6, 6.07) is -0.0228. The number of nitrogens with two attached hydrogens (primary N) is 1. The predicted molar refractivity (Wildman–Crippen MR) is 55.7 cm³/mol. The van der Waals surface area contributed by atoms with Crippen LogP contribution in [0.1, 0.15) is 18.0 Å². The van der Waals surface area contributed by atoms with E-state index in [0.29, 0.717) is 0 Å². The first kappa shape index (κ1) is 9.23. The van der Waals surface area contributed by atoms with Gasteiger partial charge in [0.25, 0.3) is 0 Å². The van der Waals surface area contributed by atoms with E-state index in [1.807, 2.05) is 12.3 Å². The molecule has 2 aromatic heterocycles. The standard InChI is InChI=1S/C9H10N4S/c1-6(10)9-13-8(5-14-9)7-4-11-2-3-12-7/h2-6H,10H2,1H3. The zero-order valence-electron chi connectivity index (χ0n) is 7.71. The summed E-state index contributed by atoms with van der Waals surface area (Å²) in [6.45, 7) is 1.92. The molecular formula is C9H10N4S. The van der Waals surface area contributed by atoms with Crippen molar-refractivity contribution in [2.75, 3.05) is 0 Å². The zero-order valence-corrected chi connectivity index (χ0v) is 8.53. The monoisotopic (exact) mass is 206 g/mol. The third-order valence-corrected chi connectivity index (χ3v) is 2.78. The molecular weight excluding hydrogens is 196 g/mol. The van der Waals surface area contributed by atoms with Gasteiger partial charge in [-0.3, -0.25) is 9.97 Å². The Morgan fingerprint density at radius 1 is 1.36 bits per heavy atom. The molecule has 72 valence electrons. The van der Waals surface area contributed by atoms with Gasteiger partial charge >= 0.3 is 0 Å². The summed E-state index contributed by atoms with van der Waals surface area (Å²) in [5.74, 6) is 0. The second-order valence-corrected chi connectivity index (χ2v) is 3.84. The Balaban J connectivity index is 2.34. The number of aromatic nitrogens is 3. The highest BCUT2D eigenvalue weighted by Crippen LogP contribution is 2.22. The lowest BCUT2D eigenvalue weighted by Crippen LogP contribution is -2.03. The lowest BCUT2D eigenvalue weighted by Gasteiger charge is -1.97. The molecule has 0 fully saturated rings. The molecule has 0 aliphatic heterocycles. The average molecular weight is 206 g/mol. The van der Waals surface area contributed by atoms with Gasteiger partial charge in [-0.05, 0) is 6.92 Å². The molecule has 0 saturated heterocycles. The van der Waals surface area contributed by atoms with Crippen LogP contribution in [-0.2, 0) is 0 Å². The van der Waals surface area contributed by atoms with E-state index in [-0.39, 0.29) is 6.04 Å². The van der Waals surface area contributed by atoms with Crippen LogP contribution in [0, 0.1) is 0 Å². The second-order valence-electron chi connectivity index (χ2n) is 2.95. The molecule has 0 bridgehead atoms. The van der Waals surface area contributed by atoms with E-state index >= 15 is 0 Å². The molecule has 2 rings (SSSR count). The van der Waals surface area contributed by atoms with Crippen molar-refractivity contribution in [2.24, 2.45) is 5.73 Å². The minimum absolute atomic E-state index is 0.0228. The molecule has 0 amide bonds. The van der Waals surface area contributed by atoms with Gasteiger partial charge in [0.1, 0.15) is 16.4 Å². The summed E-state index contributed by atoms with van der Waals surface area (Å²) in [5, 5.41) is 2.87. The molecule has 1 unspecified atom stereocenters. The van der Waals surface area contributed by atoms with Crippen LogP contribution in [0.3, 0.4) is 0 Å². The molecule has 2 aromatic rings. The fourth-order valence-electron chi connectivity index (χ4n) is 1.05. The molecule has 0 aliphatic rings. The fraction of sp³-hybridized carbons (Fsp3) is 0.222. The van der Waals surface area contributed by atoms with E-state index in [1.54, 1.807) is 29.9 Å². The molecule has 0 aliphatic carbocycles. The first-order chi connectivity index (χ1) is 6.77. The SMILES string of the molecule is CC(N)c1nc(-c2cnccn2)cs1. The number of hydrogen-bond donors (Lipinski definition) is 1. The van der Waals surface area contributed by atoms with Gasteiger partial charge in [0.2, 0.25) is 0 Å². The van der Waals surface area contributed by atoms with Gasteiger partial charge in [0.15, 0.2) is 0 Å². The molecule has 14 heavy (non-hydrogen) atoms. The van der Waals surface area contributed by atoms with Crippen LogP contribution in [0.25, 0.3) is 11.4 Å². The quantitative estimate of drug-likeness (QED) is 0.811. The Morgan fingerprint density at radius 3 is 2.79 bits per heavy atom. The molecule has 0 aromatic carbocycles. The summed E-state index contributed by atoms with van der Waals surface area (Å²) in [7, 11) is 0. The maximum Gasteiger partial charge on any atom is 0.110 e.